The summed E-state index contributed by atoms with van der Waals surface area (Å²) >= 11 is 1.31. The van der Waals surface area contributed by atoms with Gasteiger partial charge in [-0.05, 0) is 18.2 Å². The van der Waals surface area contributed by atoms with Gasteiger partial charge in [-0.15, -0.1) is 11.3 Å². The van der Waals surface area contributed by atoms with Gasteiger partial charge in [0.05, 0.1) is 11.1 Å². The van der Waals surface area contributed by atoms with Gasteiger partial charge < -0.3 is 0 Å². The summed E-state index contributed by atoms with van der Waals surface area (Å²) in [5.41, 5.74) is 1.37. The van der Waals surface area contributed by atoms with Gasteiger partial charge in [-0.25, -0.2) is 8.78 Å². The maximum atomic E-state index is 13.2. The first-order valence-electron chi connectivity index (χ1n) is 4.52. The maximum Gasteiger partial charge on any atom is 0.171 e. The molecule has 0 aliphatic carbocycles. The van der Waals surface area contributed by atoms with E-state index in [9.17, 15) is 13.6 Å². The number of ketones is 1. The molecule has 1 aromatic carbocycles. The average molecular weight is 239 g/mol. The number of hydrogen-bond donors (Lipinski definition) is 0. The molecule has 0 N–H and O–H groups in total. The van der Waals surface area contributed by atoms with Crippen LogP contribution in [0.15, 0.2) is 29.9 Å². The van der Waals surface area contributed by atoms with E-state index in [0.29, 0.717) is 0 Å². The molecule has 1 heterocycles. The molecule has 0 amide bonds. The molecule has 0 saturated heterocycles. The molecule has 0 radical (unpaired) electrons. The van der Waals surface area contributed by atoms with Crippen LogP contribution in [0.3, 0.4) is 0 Å². The predicted molar refractivity (Wildman–Crippen MR) is 56.5 cm³/mol. The largest absolute Gasteiger partial charge is 0.294 e. The van der Waals surface area contributed by atoms with Crippen LogP contribution in [0.2, 0.25) is 0 Å². The van der Waals surface area contributed by atoms with Crippen molar-refractivity contribution in [1.29, 1.82) is 0 Å². The van der Waals surface area contributed by atoms with E-state index >= 15 is 0 Å². The molecule has 0 aliphatic heterocycles. The lowest BCUT2D eigenvalue weighted by Crippen LogP contribution is -2.05. The summed E-state index contributed by atoms with van der Waals surface area (Å²) in [7, 11) is 0. The van der Waals surface area contributed by atoms with Crippen LogP contribution < -0.4 is 0 Å². The van der Waals surface area contributed by atoms with Gasteiger partial charge in [0, 0.05) is 17.5 Å². The van der Waals surface area contributed by atoms with Crippen molar-refractivity contribution in [3.63, 3.8) is 0 Å². The number of carbonyl (C=O) groups excluding carboxylic acids is 1. The van der Waals surface area contributed by atoms with Crippen molar-refractivity contribution in [3.8, 4) is 0 Å². The Balaban J connectivity index is 2.24. The average Bonchev–Trinajstić information content (AvgIpc) is 2.74. The van der Waals surface area contributed by atoms with Crippen LogP contribution in [-0.2, 0) is 6.42 Å². The van der Waals surface area contributed by atoms with Crippen molar-refractivity contribution in [2.24, 2.45) is 0 Å². The highest BCUT2D eigenvalue weighted by Crippen LogP contribution is 2.15. The maximum absolute atomic E-state index is 13.2. The molecular formula is C11H7F2NOS. The molecule has 1 aromatic heterocycles. The number of aromatic nitrogens is 1. The summed E-state index contributed by atoms with van der Waals surface area (Å²) in [5.74, 6) is -1.76. The normalized spacial score (nSPS) is 10.4. The summed E-state index contributed by atoms with van der Waals surface area (Å²) in [6.45, 7) is 0. The molecule has 5 heteroatoms. The summed E-state index contributed by atoms with van der Waals surface area (Å²) < 4.78 is 26.1. The van der Waals surface area contributed by atoms with Crippen LogP contribution in [0.1, 0.15) is 15.2 Å². The minimum atomic E-state index is -0.698. The van der Waals surface area contributed by atoms with Gasteiger partial charge in [-0.3, -0.25) is 9.78 Å². The quantitative estimate of drug-likeness (QED) is 0.771. The third kappa shape index (κ3) is 2.30. The Bertz CT molecular complexity index is 511. The van der Waals surface area contributed by atoms with E-state index in [1.54, 1.807) is 11.7 Å². The Morgan fingerprint density at radius 1 is 1.38 bits per heavy atom. The van der Waals surface area contributed by atoms with Crippen molar-refractivity contribution in [2.75, 3.05) is 0 Å². The van der Waals surface area contributed by atoms with E-state index in [-0.39, 0.29) is 12.0 Å². The van der Waals surface area contributed by atoms with E-state index < -0.39 is 17.4 Å². The van der Waals surface area contributed by atoms with Crippen LogP contribution in [0.25, 0.3) is 0 Å². The highest BCUT2D eigenvalue weighted by atomic mass is 32.1. The Morgan fingerprint density at radius 3 is 2.88 bits per heavy atom. The molecule has 0 saturated carbocycles. The fraction of sp³-hybridized carbons (Fsp3) is 0.0909. The van der Waals surface area contributed by atoms with E-state index in [2.05, 4.69) is 4.98 Å². The molecule has 0 unspecified atom stereocenters. The van der Waals surface area contributed by atoms with Crippen molar-refractivity contribution in [1.82, 2.24) is 4.98 Å². The molecule has 16 heavy (non-hydrogen) atoms. The zero-order valence-corrected chi connectivity index (χ0v) is 8.93. The van der Waals surface area contributed by atoms with Crippen molar-refractivity contribution < 1.29 is 13.6 Å². The van der Waals surface area contributed by atoms with Gasteiger partial charge in [0.2, 0.25) is 0 Å². The van der Waals surface area contributed by atoms with Gasteiger partial charge in [0.1, 0.15) is 11.6 Å². The van der Waals surface area contributed by atoms with Crippen LogP contribution in [0.4, 0.5) is 8.78 Å². The standard InChI is InChI=1S/C11H7F2NOS/c12-7-1-2-10(13)9(3-7)11(15)4-8-5-14-6-16-8/h1-3,5-6H,4H2. The smallest absolute Gasteiger partial charge is 0.171 e. The number of benzene rings is 1. The first-order valence-corrected chi connectivity index (χ1v) is 5.40. The molecule has 0 spiro atoms. The summed E-state index contributed by atoms with van der Waals surface area (Å²) in [6, 6.07) is 2.85. The number of carbonyl (C=O) groups is 1. The Hall–Kier alpha value is -1.62. The number of halogens is 2. The highest BCUT2D eigenvalue weighted by molar-refractivity contribution is 7.09. The third-order valence-electron chi connectivity index (χ3n) is 2.05. The van der Waals surface area contributed by atoms with Gasteiger partial charge >= 0.3 is 0 Å². The molecule has 2 aromatic rings. The van der Waals surface area contributed by atoms with Gasteiger partial charge in [0.15, 0.2) is 5.78 Å². The lowest BCUT2D eigenvalue weighted by atomic mass is 10.1. The van der Waals surface area contributed by atoms with E-state index in [4.69, 9.17) is 0 Å². The second-order valence-electron chi connectivity index (χ2n) is 3.19. The first kappa shape index (κ1) is 10.9. The Morgan fingerprint density at radius 2 is 2.19 bits per heavy atom. The fourth-order valence-corrected chi connectivity index (χ4v) is 1.89. The second kappa shape index (κ2) is 4.49. The predicted octanol–water partition coefficient (Wildman–Crippen LogP) is 2.85. The Kier molecular flexibility index (Phi) is 3.05. The second-order valence-corrected chi connectivity index (χ2v) is 4.16. The zero-order chi connectivity index (χ0) is 11.5. The topological polar surface area (TPSA) is 30.0 Å². The minimum absolute atomic E-state index is 0.0467. The molecule has 2 nitrogen and oxygen atoms in total. The van der Waals surface area contributed by atoms with Gasteiger partial charge in [-0.1, -0.05) is 0 Å². The molecule has 2 rings (SSSR count). The number of Topliss-reactive ketones (excluding diaryl/α,β-unsaturated/α-hetero) is 1. The van der Waals surface area contributed by atoms with Crippen molar-refractivity contribution in [2.45, 2.75) is 6.42 Å². The number of nitrogens with zero attached hydrogens (tertiary/aromatic N) is 1. The molecule has 82 valence electrons. The Labute approximate surface area is 94.6 Å². The van der Waals surface area contributed by atoms with Crippen LogP contribution >= 0.6 is 11.3 Å². The van der Waals surface area contributed by atoms with Crippen LogP contribution in [0, 0.1) is 11.6 Å². The zero-order valence-electron chi connectivity index (χ0n) is 8.11. The summed E-state index contributed by atoms with van der Waals surface area (Å²) in [6.07, 6.45) is 1.59. The molecule has 0 aliphatic rings. The molecule has 0 bridgehead atoms. The van der Waals surface area contributed by atoms with Gasteiger partial charge in [-0.2, -0.15) is 0 Å². The lowest BCUT2D eigenvalue weighted by Gasteiger charge is -2.01. The first-order chi connectivity index (χ1) is 7.66. The number of thiazole rings is 1. The van der Waals surface area contributed by atoms with Crippen molar-refractivity contribution in [3.05, 3.63) is 52.0 Å². The lowest BCUT2D eigenvalue weighted by molar-refractivity contribution is 0.0989. The third-order valence-corrected chi connectivity index (χ3v) is 2.83. The molecule has 0 fully saturated rings. The van der Waals surface area contributed by atoms with E-state index in [1.165, 1.54) is 11.3 Å². The molecule has 0 atom stereocenters. The monoisotopic (exact) mass is 239 g/mol. The van der Waals surface area contributed by atoms with Crippen LogP contribution in [0.5, 0.6) is 0 Å². The molecular weight excluding hydrogens is 232 g/mol. The fourth-order valence-electron chi connectivity index (χ4n) is 1.29. The number of rotatable bonds is 3. The number of hydrogen-bond acceptors (Lipinski definition) is 3. The van der Waals surface area contributed by atoms with Crippen LogP contribution in [-0.4, -0.2) is 10.8 Å². The SMILES string of the molecule is O=C(Cc1cncs1)c1cc(F)ccc1F. The van der Waals surface area contributed by atoms with Crippen molar-refractivity contribution >= 4 is 17.1 Å². The van der Waals surface area contributed by atoms with Gasteiger partial charge in [0.25, 0.3) is 0 Å². The summed E-state index contributed by atoms with van der Waals surface area (Å²) in [4.78, 5) is 16.2. The minimum Gasteiger partial charge on any atom is -0.294 e. The highest BCUT2D eigenvalue weighted by Gasteiger charge is 2.13. The van der Waals surface area contributed by atoms with E-state index in [0.717, 1.165) is 23.1 Å². The van der Waals surface area contributed by atoms with E-state index in [1.807, 2.05) is 0 Å². The summed E-state index contributed by atoms with van der Waals surface area (Å²) in [5, 5.41) is 0.